The number of halogens is 2. The maximum atomic E-state index is 13.8. The Balaban J connectivity index is 2.29. The zero-order chi connectivity index (χ0) is 14.5. The molecule has 0 amide bonds. The van der Waals surface area contributed by atoms with Crippen LogP contribution in [-0.4, -0.2) is 24.1 Å². The third-order valence-corrected chi connectivity index (χ3v) is 3.02. The van der Waals surface area contributed by atoms with Crippen LogP contribution in [-0.2, 0) is 6.42 Å². The molecular formula is C14H15F2N3O. The standard InChI is InChI=1S/C14H15F2N3O/c1-17-12(14-10(15)4-3-5-11(14)16)6-9-7-13(20-2)19-8-18-9/h3-5,7-8,12,17H,6H2,1-2H3. The number of likely N-dealkylation sites (N-methyl/N-ethyl adjacent to an activating group) is 1. The van der Waals surface area contributed by atoms with Crippen LogP contribution in [0.3, 0.4) is 0 Å². The largest absolute Gasteiger partial charge is 0.481 e. The number of hydrogen-bond donors (Lipinski definition) is 1. The molecule has 0 spiro atoms. The van der Waals surface area contributed by atoms with Gasteiger partial charge >= 0.3 is 0 Å². The van der Waals surface area contributed by atoms with Crippen molar-refractivity contribution in [2.75, 3.05) is 14.2 Å². The fourth-order valence-electron chi connectivity index (χ4n) is 2.00. The van der Waals surface area contributed by atoms with Crippen molar-refractivity contribution in [1.29, 1.82) is 0 Å². The van der Waals surface area contributed by atoms with Crippen LogP contribution < -0.4 is 10.1 Å². The van der Waals surface area contributed by atoms with Gasteiger partial charge in [-0.15, -0.1) is 0 Å². The van der Waals surface area contributed by atoms with Gasteiger partial charge in [-0.2, -0.15) is 0 Å². The lowest BCUT2D eigenvalue weighted by Gasteiger charge is -2.17. The van der Waals surface area contributed by atoms with Crippen LogP contribution >= 0.6 is 0 Å². The third-order valence-electron chi connectivity index (χ3n) is 3.02. The molecule has 0 bridgehead atoms. The first kappa shape index (κ1) is 14.3. The molecular weight excluding hydrogens is 264 g/mol. The number of aromatic nitrogens is 2. The molecule has 1 unspecified atom stereocenters. The van der Waals surface area contributed by atoms with Crippen molar-refractivity contribution in [2.45, 2.75) is 12.5 Å². The highest BCUT2D eigenvalue weighted by molar-refractivity contribution is 5.25. The molecule has 1 aromatic carbocycles. The SMILES string of the molecule is CNC(Cc1cc(OC)ncn1)c1c(F)cccc1F. The van der Waals surface area contributed by atoms with E-state index in [2.05, 4.69) is 15.3 Å². The number of hydrogen-bond acceptors (Lipinski definition) is 4. The molecule has 2 rings (SSSR count). The zero-order valence-electron chi connectivity index (χ0n) is 11.2. The lowest BCUT2D eigenvalue weighted by molar-refractivity contribution is 0.395. The molecule has 0 aliphatic carbocycles. The number of nitrogens with zero attached hydrogens (tertiary/aromatic N) is 2. The average molecular weight is 279 g/mol. The highest BCUT2D eigenvalue weighted by Crippen LogP contribution is 2.23. The first-order chi connectivity index (χ1) is 9.65. The summed E-state index contributed by atoms with van der Waals surface area (Å²) >= 11 is 0. The molecule has 6 heteroatoms. The van der Waals surface area contributed by atoms with Crippen molar-refractivity contribution in [2.24, 2.45) is 0 Å². The summed E-state index contributed by atoms with van der Waals surface area (Å²) in [5.41, 5.74) is 0.645. The lowest BCUT2D eigenvalue weighted by atomic mass is 10.0. The maximum absolute atomic E-state index is 13.8. The fraction of sp³-hybridized carbons (Fsp3) is 0.286. The Morgan fingerprint density at radius 3 is 2.55 bits per heavy atom. The van der Waals surface area contributed by atoms with Gasteiger partial charge < -0.3 is 10.1 Å². The number of benzene rings is 1. The normalized spacial score (nSPS) is 12.2. The summed E-state index contributed by atoms with van der Waals surface area (Å²) in [7, 11) is 3.15. The second kappa shape index (κ2) is 6.38. The molecule has 4 nitrogen and oxygen atoms in total. The number of ether oxygens (including phenoxy) is 1. The number of rotatable bonds is 5. The molecule has 1 atom stereocenters. The van der Waals surface area contributed by atoms with Gasteiger partial charge in [-0.05, 0) is 19.2 Å². The van der Waals surface area contributed by atoms with Gasteiger partial charge in [-0.1, -0.05) is 6.07 Å². The van der Waals surface area contributed by atoms with E-state index in [1.807, 2.05) is 0 Å². The van der Waals surface area contributed by atoms with Gasteiger partial charge in [0.05, 0.1) is 7.11 Å². The first-order valence-electron chi connectivity index (χ1n) is 6.11. The summed E-state index contributed by atoms with van der Waals surface area (Å²) in [5.74, 6) is -0.741. The summed E-state index contributed by atoms with van der Waals surface area (Å²) < 4.78 is 32.6. The van der Waals surface area contributed by atoms with E-state index in [-0.39, 0.29) is 5.56 Å². The molecule has 0 fully saturated rings. The Morgan fingerprint density at radius 2 is 1.95 bits per heavy atom. The molecule has 0 saturated heterocycles. The highest BCUT2D eigenvalue weighted by atomic mass is 19.1. The number of methoxy groups -OCH3 is 1. The number of nitrogens with one attached hydrogen (secondary N) is 1. The van der Waals surface area contributed by atoms with Crippen molar-refractivity contribution in [1.82, 2.24) is 15.3 Å². The quantitative estimate of drug-likeness (QED) is 0.912. The second-order valence-electron chi connectivity index (χ2n) is 4.23. The third kappa shape index (κ3) is 3.08. The van der Waals surface area contributed by atoms with Crippen molar-refractivity contribution < 1.29 is 13.5 Å². The van der Waals surface area contributed by atoms with Crippen molar-refractivity contribution in [3.63, 3.8) is 0 Å². The van der Waals surface area contributed by atoms with Gasteiger partial charge in [-0.3, -0.25) is 0 Å². The van der Waals surface area contributed by atoms with Gasteiger partial charge in [-0.25, -0.2) is 18.7 Å². The lowest BCUT2D eigenvalue weighted by Crippen LogP contribution is -2.22. The minimum atomic E-state index is -0.578. The molecule has 1 heterocycles. The molecule has 0 saturated carbocycles. The maximum Gasteiger partial charge on any atom is 0.216 e. The smallest absolute Gasteiger partial charge is 0.216 e. The molecule has 106 valence electrons. The van der Waals surface area contributed by atoms with Crippen molar-refractivity contribution in [3.05, 3.63) is 53.5 Å². The molecule has 1 aromatic heterocycles. The minimum Gasteiger partial charge on any atom is -0.481 e. The van der Waals surface area contributed by atoms with Crippen LogP contribution in [0.15, 0.2) is 30.6 Å². The van der Waals surface area contributed by atoms with E-state index in [0.717, 1.165) is 0 Å². The van der Waals surface area contributed by atoms with Crippen molar-refractivity contribution >= 4 is 0 Å². The van der Waals surface area contributed by atoms with Gasteiger partial charge in [0.25, 0.3) is 0 Å². The van der Waals surface area contributed by atoms with E-state index < -0.39 is 17.7 Å². The van der Waals surface area contributed by atoms with Crippen LogP contribution in [0.4, 0.5) is 8.78 Å². The highest BCUT2D eigenvalue weighted by Gasteiger charge is 2.19. The summed E-state index contributed by atoms with van der Waals surface area (Å²) in [6.45, 7) is 0. The van der Waals surface area contributed by atoms with E-state index in [0.29, 0.717) is 18.0 Å². The minimum absolute atomic E-state index is 0.00702. The molecule has 0 aliphatic heterocycles. The van der Waals surface area contributed by atoms with Crippen LogP contribution in [0.5, 0.6) is 5.88 Å². The Morgan fingerprint density at radius 1 is 1.25 bits per heavy atom. The van der Waals surface area contributed by atoms with Crippen LogP contribution in [0.25, 0.3) is 0 Å². The molecule has 2 aromatic rings. The fourth-order valence-corrected chi connectivity index (χ4v) is 2.00. The van der Waals surface area contributed by atoms with E-state index in [1.165, 1.54) is 31.6 Å². The summed E-state index contributed by atoms with van der Waals surface area (Å²) in [6.07, 6.45) is 1.69. The zero-order valence-corrected chi connectivity index (χ0v) is 11.2. The van der Waals surface area contributed by atoms with Crippen LogP contribution in [0, 0.1) is 11.6 Å². The Labute approximate surface area is 115 Å². The topological polar surface area (TPSA) is 47.0 Å². The van der Waals surface area contributed by atoms with E-state index in [4.69, 9.17) is 4.74 Å². The average Bonchev–Trinajstić information content (AvgIpc) is 2.46. The van der Waals surface area contributed by atoms with Gasteiger partial charge in [0.15, 0.2) is 0 Å². The first-order valence-corrected chi connectivity index (χ1v) is 6.11. The van der Waals surface area contributed by atoms with Crippen LogP contribution in [0.1, 0.15) is 17.3 Å². The molecule has 1 N–H and O–H groups in total. The summed E-state index contributed by atoms with van der Waals surface area (Å²) in [6, 6.07) is 4.94. The monoisotopic (exact) mass is 279 g/mol. The molecule has 0 aliphatic rings. The Bertz CT molecular complexity index is 572. The predicted octanol–water partition coefficient (Wildman–Crippen LogP) is 2.27. The van der Waals surface area contributed by atoms with E-state index >= 15 is 0 Å². The van der Waals surface area contributed by atoms with Gasteiger partial charge in [0.1, 0.15) is 18.0 Å². The predicted molar refractivity (Wildman–Crippen MR) is 70.4 cm³/mol. The van der Waals surface area contributed by atoms with Gasteiger partial charge in [0.2, 0.25) is 5.88 Å². The molecule has 0 radical (unpaired) electrons. The van der Waals surface area contributed by atoms with Crippen molar-refractivity contribution in [3.8, 4) is 5.88 Å². The summed E-state index contributed by atoms with van der Waals surface area (Å²) in [4.78, 5) is 7.98. The van der Waals surface area contributed by atoms with Crippen LogP contribution in [0.2, 0.25) is 0 Å². The van der Waals surface area contributed by atoms with E-state index in [9.17, 15) is 8.78 Å². The van der Waals surface area contributed by atoms with E-state index in [1.54, 1.807) is 13.1 Å². The second-order valence-corrected chi connectivity index (χ2v) is 4.23. The summed E-state index contributed by atoms with van der Waals surface area (Å²) in [5, 5.41) is 2.90. The Hall–Kier alpha value is -2.08. The molecule has 20 heavy (non-hydrogen) atoms. The Kier molecular flexibility index (Phi) is 4.57. The van der Waals surface area contributed by atoms with Gasteiger partial charge in [0, 0.05) is 29.8 Å².